The second kappa shape index (κ2) is 5.65. The lowest BCUT2D eigenvalue weighted by molar-refractivity contribution is -0.164. The lowest BCUT2D eigenvalue weighted by Crippen LogP contribution is -2.73. The molecule has 122 valence electrons. The second-order valence-corrected chi connectivity index (χ2v) is 8.98. The molecule has 1 aromatic rings. The van der Waals surface area contributed by atoms with Crippen LogP contribution in [0.3, 0.4) is 0 Å². The van der Waals surface area contributed by atoms with E-state index in [-0.39, 0.29) is 16.0 Å². The molecule has 5 nitrogen and oxygen atoms in total. The van der Waals surface area contributed by atoms with E-state index in [2.05, 4.69) is 37.1 Å². The fourth-order valence-electron chi connectivity index (χ4n) is 3.64. The van der Waals surface area contributed by atoms with Gasteiger partial charge in [-0.05, 0) is 30.2 Å². The van der Waals surface area contributed by atoms with E-state index in [0.29, 0.717) is 5.92 Å². The summed E-state index contributed by atoms with van der Waals surface area (Å²) in [6, 6.07) is 9.28. The summed E-state index contributed by atoms with van der Waals surface area (Å²) >= 11 is 3.52. The predicted octanol–water partition coefficient (Wildman–Crippen LogP) is 4.21. The van der Waals surface area contributed by atoms with Crippen molar-refractivity contribution >= 4 is 29.4 Å². The highest BCUT2D eigenvalue weighted by Crippen LogP contribution is 2.67. The van der Waals surface area contributed by atoms with Crippen molar-refractivity contribution in [3.8, 4) is 0 Å². The van der Waals surface area contributed by atoms with E-state index >= 15 is 0 Å². The zero-order chi connectivity index (χ0) is 16.8. The summed E-state index contributed by atoms with van der Waals surface area (Å²) in [6.07, 6.45) is 2.08. The van der Waals surface area contributed by atoms with Gasteiger partial charge in [-0.1, -0.05) is 49.3 Å². The number of amides is 1. The van der Waals surface area contributed by atoms with Crippen molar-refractivity contribution < 1.29 is 4.79 Å². The van der Waals surface area contributed by atoms with Crippen LogP contribution in [0, 0.1) is 5.92 Å². The lowest BCUT2D eigenvalue weighted by Gasteiger charge is -2.57. The molecule has 4 atom stereocenters. The summed E-state index contributed by atoms with van der Waals surface area (Å²) in [4.78, 5) is 17.2. The maximum absolute atomic E-state index is 12.8. The number of carbonyl (C=O) groups excluding carboxylic acids is 1. The number of hydrogen-bond donors (Lipinski definition) is 0. The third-order valence-corrected chi connectivity index (χ3v) is 8.60. The van der Waals surface area contributed by atoms with Crippen molar-refractivity contribution in [1.29, 1.82) is 0 Å². The number of thioether (sulfide) groups is 2. The summed E-state index contributed by atoms with van der Waals surface area (Å²) in [6.45, 7) is 6.46. The first-order valence-corrected chi connectivity index (χ1v) is 9.75. The number of benzene rings is 1. The van der Waals surface area contributed by atoms with Gasteiger partial charge in [-0.2, -0.15) is 0 Å². The van der Waals surface area contributed by atoms with Gasteiger partial charge in [0, 0.05) is 4.91 Å². The van der Waals surface area contributed by atoms with Crippen molar-refractivity contribution in [2.75, 3.05) is 6.26 Å². The normalized spacial score (nSPS) is 35.7. The molecule has 7 heteroatoms. The van der Waals surface area contributed by atoms with Gasteiger partial charge in [0.15, 0.2) is 6.04 Å². The molecule has 2 aliphatic rings. The Hall–Kier alpha value is -1.30. The van der Waals surface area contributed by atoms with Gasteiger partial charge in [0.2, 0.25) is 5.91 Å². The van der Waals surface area contributed by atoms with Gasteiger partial charge >= 0.3 is 0 Å². The standard InChI is InChI=1S/C16H20N4OS2/c1-10(2)15(3)14(22-4)23-16(11-8-6-5-7-9-11)12(18-19-17)13(21)20(15)16/h5-10,12,14H,1-4H3/t12-,14+,15+,16-/m0/s1. The van der Waals surface area contributed by atoms with Gasteiger partial charge in [-0.15, -0.1) is 23.5 Å². The Morgan fingerprint density at radius 2 is 2.04 bits per heavy atom. The van der Waals surface area contributed by atoms with Crippen LogP contribution in [0.5, 0.6) is 0 Å². The molecule has 3 rings (SSSR count). The highest BCUT2D eigenvalue weighted by atomic mass is 32.2. The minimum Gasteiger partial charge on any atom is -0.315 e. The Bertz CT molecular complexity index is 676. The third kappa shape index (κ3) is 1.96. The van der Waals surface area contributed by atoms with E-state index in [1.807, 2.05) is 35.2 Å². The zero-order valence-electron chi connectivity index (χ0n) is 13.6. The number of carbonyl (C=O) groups is 1. The highest BCUT2D eigenvalue weighted by molar-refractivity contribution is 8.17. The Morgan fingerprint density at radius 3 is 2.57 bits per heavy atom. The van der Waals surface area contributed by atoms with E-state index in [1.165, 1.54) is 0 Å². The van der Waals surface area contributed by atoms with Crippen LogP contribution in [-0.2, 0) is 9.67 Å². The van der Waals surface area contributed by atoms with Crippen molar-refractivity contribution in [3.05, 3.63) is 46.3 Å². The molecule has 0 radical (unpaired) electrons. The average molecular weight is 348 g/mol. The van der Waals surface area contributed by atoms with Gasteiger partial charge in [0.25, 0.3) is 0 Å². The molecule has 2 fully saturated rings. The van der Waals surface area contributed by atoms with Crippen molar-refractivity contribution in [3.63, 3.8) is 0 Å². The summed E-state index contributed by atoms with van der Waals surface area (Å²) in [5, 5.41) is 3.86. The van der Waals surface area contributed by atoms with Crippen LogP contribution >= 0.6 is 23.5 Å². The molecule has 0 bridgehead atoms. The summed E-state index contributed by atoms with van der Waals surface area (Å²) in [5.74, 6) is 0.237. The van der Waals surface area contributed by atoms with E-state index in [4.69, 9.17) is 5.53 Å². The van der Waals surface area contributed by atoms with Gasteiger partial charge in [-0.25, -0.2) is 0 Å². The Balaban J connectivity index is 2.20. The maximum Gasteiger partial charge on any atom is 0.237 e. The van der Waals surface area contributed by atoms with Gasteiger partial charge in [-0.3, -0.25) is 4.79 Å². The number of fused-ring (bicyclic) bond motifs is 1. The molecule has 1 aromatic carbocycles. The molecule has 23 heavy (non-hydrogen) atoms. The molecular formula is C16H20N4OS2. The van der Waals surface area contributed by atoms with Gasteiger partial charge < -0.3 is 4.90 Å². The van der Waals surface area contributed by atoms with Gasteiger partial charge in [0.05, 0.1) is 10.1 Å². The molecule has 1 amide bonds. The quantitative estimate of drug-likeness (QED) is 0.354. The van der Waals surface area contributed by atoms with Crippen molar-refractivity contribution in [2.45, 2.75) is 41.8 Å². The zero-order valence-corrected chi connectivity index (χ0v) is 15.3. The molecule has 0 aliphatic carbocycles. The number of rotatable bonds is 4. The van der Waals surface area contributed by atoms with Crippen LogP contribution in [0.1, 0.15) is 26.3 Å². The Kier molecular flexibility index (Phi) is 4.07. The van der Waals surface area contributed by atoms with E-state index in [9.17, 15) is 4.79 Å². The highest BCUT2D eigenvalue weighted by Gasteiger charge is 2.73. The second-order valence-electron chi connectivity index (χ2n) is 6.41. The molecule has 0 saturated carbocycles. The van der Waals surface area contributed by atoms with E-state index in [0.717, 1.165) is 5.56 Å². The monoisotopic (exact) mass is 348 g/mol. The van der Waals surface area contributed by atoms with Gasteiger partial charge in [0.1, 0.15) is 4.87 Å². The predicted molar refractivity (Wildman–Crippen MR) is 96.0 cm³/mol. The molecule has 0 unspecified atom stereocenters. The maximum atomic E-state index is 12.8. The Labute approximate surface area is 144 Å². The topological polar surface area (TPSA) is 69.1 Å². The summed E-state index contributed by atoms with van der Waals surface area (Å²) in [5.41, 5.74) is 9.69. The largest absolute Gasteiger partial charge is 0.315 e. The molecule has 2 aliphatic heterocycles. The minimum atomic E-state index is -0.671. The molecule has 0 aromatic heterocycles. The SMILES string of the molecule is CS[C@@H]1S[C@@]2(c3ccccc3)[C@@H](N=[N+]=[N-])C(=O)N2[C@]1(C)C(C)C. The first-order chi connectivity index (χ1) is 10.9. The lowest BCUT2D eigenvalue weighted by atomic mass is 9.78. The third-order valence-electron chi connectivity index (χ3n) is 5.14. The van der Waals surface area contributed by atoms with Crippen LogP contribution in [0.4, 0.5) is 0 Å². The van der Waals surface area contributed by atoms with Crippen LogP contribution < -0.4 is 0 Å². The first-order valence-electron chi connectivity index (χ1n) is 7.59. The van der Waals surface area contributed by atoms with Crippen LogP contribution in [0.25, 0.3) is 10.4 Å². The Morgan fingerprint density at radius 1 is 1.39 bits per heavy atom. The average Bonchev–Trinajstić information content (AvgIpc) is 2.80. The van der Waals surface area contributed by atoms with Crippen LogP contribution in [0.2, 0.25) is 0 Å². The fourth-order valence-corrected chi connectivity index (χ4v) is 7.20. The summed E-state index contributed by atoms with van der Waals surface area (Å²) in [7, 11) is 0. The first kappa shape index (κ1) is 16.6. The number of hydrogen-bond acceptors (Lipinski definition) is 4. The van der Waals surface area contributed by atoms with E-state index in [1.54, 1.807) is 23.5 Å². The molecule has 0 spiro atoms. The minimum absolute atomic E-state index is 0.0631. The summed E-state index contributed by atoms with van der Waals surface area (Å²) < 4.78 is 0.227. The number of nitrogens with zero attached hydrogens (tertiary/aromatic N) is 4. The van der Waals surface area contributed by atoms with E-state index < -0.39 is 10.9 Å². The van der Waals surface area contributed by atoms with Crippen LogP contribution in [0.15, 0.2) is 35.4 Å². The van der Waals surface area contributed by atoms with Crippen molar-refractivity contribution in [1.82, 2.24) is 4.90 Å². The molecule has 2 saturated heterocycles. The van der Waals surface area contributed by atoms with Crippen LogP contribution in [-0.4, -0.2) is 33.2 Å². The molecular weight excluding hydrogens is 328 g/mol. The van der Waals surface area contributed by atoms with Crippen molar-refractivity contribution in [2.24, 2.45) is 11.0 Å². The smallest absolute Gasteiger partial charge is 0.237 e. The fraction of sp³-hybridized carbons (Fsp3) is 0.562. The number of azide groups is 1. The molecule has 2 heterocycles. The number of β-lactam (4-membered cyclic amide) rings is 1. The molecule has 0 N–H and O–H groups in total.